The van der Waals surface area contributed by atoms with E-state index in [0.717, 1.165) is 23.1 Å². The average Bonchev–Trinajstić information content (AvgIpc) is 3.06. The van der Waals surface area contributed by atoms with Crippen molar-refractivity contribution < 1.29 is 9.21 Å². The minimum absolute atomic E-state index is 0.0510. The van der Waals surface area contributed by atoms with E-state index in [9.17, 15) is 9.59 Å². The number of halogens is 1. The lowest BCUT2D eigenvalue weighted by atomic mass is 10.0. The van der Waals surface area contributed by atoms with Crippen LogP contribution >= 0.6 is 11.6 Å². The minimum atomic E-state index is -0.612. The van der Waals surface area contributed by atoms with Crippen LogP contribution in [0.4, 0.5) is 0 Å². The van der Waals surface area contributed by atoms with Crippen molar-refractivity contribution in [3.63, 3.8) is 0 Å². The topological polar surface area (TPSA) is 68.3 Å². The molecule has 0 saturated carbocycles. The molecule has 0 radical (unpaired) electrons. The molecule has 7 heteroatoms. The number of rotatable bonds is 3. The van der Waals surface area contributed by atoms with Crippen LogP contribution in [0.25, 0.3) is 0 Å². The van der Waals surface area contributed by atoms with Gasteiger partial charge in [-0.2, -0.15) is 4.68 Å². The summed E-state index contributed by atoms with van der Waals surface area (Å²) in [6.45, 7) is 2.11. The van der Waals surface area contributed by atoms with Crippen LogP contribution in [0, 0.1) is 6.92 Å². The molecule has 1 amide bonds. The number of likely N-dealkylation sites (tertiary alicyclic amines) is 1. The zero-order valence-corrected chi connectivity index (χ0v) is 12.9. The monoisotopic (exact) mass is 321 g/mol. The highest BCUT2D eigenvalue weighted by molar-refractivity contribution is 6.31. The molecule has 1 aliphatic heterocycles. The van der Waals surface area contributed by atoms with Gasteiger partial charge in [0.1, 0.15) is 6.54 Å². The average molecular weight is 322 g/mol. The Morgan fingerprint density at radius 1 is 1.45 bits per heavy atom. The Morgan fingerprint density at radius 3 is 2.91 bits per heavy atom. The van der Waals surface area contributed by atoms with Crippen LogP contribution < -0.4 is 5.76 Å². The third kappa shape index (κ3) is 2.78. The third-order valence-electron chi connectivity index (χ3n) is 3.83. The Bertz CT molecular complexity index is 752. The van der Waals surface area contributed by atoms with Gasteiger partial charge in [-0.05, 0) is 24.5 Å². The lowest BCUT2D eigenvalue weighted by Crippen LogP contribution is -2.35. The van der Waals surface area contributed by atoms with E-state index in [4.69, 9.17) is 16.0 Å². The van der Waals surface area contributed by atoms with Gasteiger partial charge in [-0.25, -0.2) is 4.79 Å². The fraction of sp³-hybridized carbons (Fsp3) is 0.400. The maximum atomic E-state index is 12.5. The standard InChI is InChI=1S/C15H16ClN3O3/c1-10-17-19(15(21)22-10)9-14(20)18-8-4-7-13(18)11-5-2-3-6-12(11)16/h2-3,5-6,13H,4,7-9H2,1H3. The molecule has 22 heavy (non-hydrogen) atoms. The highest BCUT2D eigenvalue weighted by Crippen LogP contribution is 2.35. The number of amides is 1. The first-order valence-corrected chi connectivity index (χ1v) is 7.52. The number of aromatic nitrogens is 2. The molecule has 3 rings (SSSR count). The molecule has 1 atom stereocenters. The quantitative estimate of drug-likeness (QED) is 0.868. The molecule has 1 aliphatic rings. The lowest BCUT2D eigenvalue weighted by molar-refractivity contribution is -0.133. The van der Waals surface area contributed by atoms with Crippen molar-refractivity contribution in [2.24, 2.45) is 0 Å². The van der Waals surface area contributed by atoms with Crippen molar-refractivity contribution in [3.8, 4) is 0 Å². The number of carbonyl (C=O) groups is 1. The number of carbonyl (C=O) groups excluding carboxylic acids is 1. The van der Waals surface area contributed by atoms with Gasteiger partial charge in [0.05, 0.1) is 6.04 Å². The molecule has 1 saturated heterocycles. The summed E-state index contributed by atoms with van der Waals surface area (Å²) in [4.78, 5) is 25.8. The predicted octanol–water partition coefficient (Wildman–Crippen LogP) is 2.16. The van der Waals surface area contributed by atoms with Gasteiger partial charge in [-0.1, -0.05) is 29.8 Å². The first-order chi connectivity index (χ1) is 10.6. The number of hydrogen-bond donors (Lipinski definition) is 0. The summed E-state index contributed by atoms with van der Waals surface area (Å²) in [5, 5.41) is 4.56. The second kappa shape index (κ2) is 5.96. The number of benzene rings is 1. The number of aryl methyl sites for hydroxylation is 1. The Balaban J connectivity index is 1.81. The summed E-state index contributed by atoms with van der Waals surface area (Å²) in [6, 6.07) is 7.48. The zero-order valence-electron chi connectivity index (χ0n) is 12.2. The summed E-state index contributed by atoms with van der Waals surface area (Å²) in [5.41, 5.74) is 0.943. The molecule has 0 N–H and O–H groups in total. The summed E-state index contributed by atoms with van der Waals surface area (Å²) in [5.74, 6) is -0.515. The van der Waals surface area contributed by atoms with E-state index >= 15 is 0 Å². The maximum absolute atomic E-state index is 12.5. The normalized spacial score (nSPS) is 17.9. The van der Waals surface area contributed by atoms with Gasteiger partial charge in [0.15, 0.2) is 0 Å². The molecule has 1 aromatic heterocycles. The SMILES string of the molecule is Cc1nn(CC(=O)N2CCCC2c2ccccc2Cl)c(=O)o1. The van der Waals surface area contributed by atoms with E-state index in [-0.39, 0.29) is 24.4 Å². The van der Waals surface area contributed by atoms with Gasteiger partial charge in [-0.15, -0.1) is 5.10 Å². The van der Waals surface area contributed by atoms with Crippen LogP contribution in [0.1, 0.15) is 30.3 Å². The molecule has 0 bridgehead atoms. The van der Waals surface area contributed by atoms with Crippen LogP contribution in [0.5, 0.6) is 0 Å². The van der Waals surface area contributed by atoms with Crippen LogP contribution in [-0.4, -0.2) is 27.1 Å². The molecule has 1 aromatic carbocycles. The lowest BCUT2D eigenvalue weighted by Gasteiger charge is -2.25. The van der Waals surface area contributed by atoms with Crippen molar-refractivity contribution in [2.45, 2.75) is 32.4 Å². The zero-order chi connectivity index (χ0) is 15.7. The van der Waals surface area contributed by atoms with E-state index in [1.54, 1.807) is 11.8 Å². The smallest absolute Gasteiger partial charge is 0.393 e. The van der Waals surface area contributed by atoms with E-state index in [1.807, 2.05) is 24.3 Å². The molecule has 1 fully saturated rings. The summed E-state index contributed by atoms with van der Waals surface area (Å²) < 4.78 is 5.87. The molecular weight excluding hydrogens is 306 g/mol. The first-order valence-electron chi connectivity index (χ1n) is 7.14. The van der Waals surface area contributed by atoms with Crippen molar-refractivity contribution in [2.75, 3.05) is 6.54 Å². The molecule has 2 aromatic rings. The summed E-state index contributed by atoms with van der Waals surface area (Å²) in [7, 11) is 0. The molecule has 116 valence electrons. The van der Waals surface area contributed by atoms with E-state index in [1.165, 1.54) is 0 Å². The molecule has 2 heterocycles. The van der Waals surface area contributed by atoms with E-state index < -0.39 is 5.76 Å². The van der Waals surface area contributed by atoms with Gasteiger partial charge in [0, 0.05) is 18.5 Å². The van der Waals surface area contributed by atoms with Crippen LogP contribution in [0.2, 0.25) is 5.02 Å². The van der Waals surface area contributed by atoms with Crippen molar-refractivity contribution in [1.82, 2.24) is 14.7 Å². The number of nitrogens with zero attached hydrogens (tertiary/aromatic N) is 3. The van der Waals surface area contributed by atoms with Gasteiger partial charge in [0.2, 0.25) is 11.8 Å². The van der Waals surface area contributed by atoms with Crippen molar-refractivity contribution >= 4 is 17.5 Å². The highest BCUT2D eigenvalue weighted by atomic mass is 35.5. The Hall–Kier alpha value is -2.08. The molecule has 0 spiro atoms. The fourth-order valence-corrected chi connectivity index (χ4v) is 3.12. The summed E-state index contributed by atoms with van der Waals surface area (Å²) in [6.07, 6.45) is 1.77. The minimum Gasteiger partial charge on any atom is -0.393 e. The third-order valence-corrected chi connectivity index (χ3v) is 4.17. The molecule has 0 aliphatic carbocycles. The largest absolute Gasteiger partial charge is 0.437 e. The molecule has 1 unspecified atom stereocenters. The fourth-order valence-electron chi connectivity index (χ4n) is 2.86. The van der Waals surface area contributed by atoms with Crippen LogP contribution in [0.3, 0.4) is 0 Å². The van der Waals surface area contributed by atoms with Crippen LogP contribution in [0.15, 0.2) is 33.5 Å². The summed E-state index contributed by atoms with van der Waals surface area (Å²) >= 11 is 6.24. The van der Waals surface area contributed by atoms with Gasteiger partial charge < -0.3 is 9.32 Å². The first kappa shape index (κ1) is 14.8. The van der Waals surface area contributed by atoms with Crippen molar-refractivity contribution in [1.29, 1.82) is 0 Å². The van der Waals surface area contributed by atoms with Crippen molar-refractivity contribution in [3.05, 3.63) is 51.3 Å². The van der Waals surface area contributed by atoms with Gasteiger partial charge in [-0.3, -0.25) is 4.79 Å². The van der Waals surface area contributed by atoms with E-state index in [0.29, 0.717) is 11.6 Å². The predicted molar refractivity (Wildman–Crippen MR) is 80.6 cm³/mol. The molecule has 6 nitrogen and oxygen atoms in total. The second-order valence-electron chi connectivity index (χ2n) is 5.31. The second-order valence-corrected chi connectivity index (χ2v) is 5.72. The van der Waals surface area contributed by atoms with Gasteiger partial charge >= 0.3 is 5.76 Å². The maximum Gasteiger partial charge on any atom is 0.437 e. The molecular formula is C15H16ClN3O3. The highest BCUT2D eigenvalue weighted by Gasteiger charge is 2.31. The van der Waals surface area contributed by atoms with E-state index in [2.05, 4.69) is 5.10 Å². The van der Waals surface area contributed by atoms with Crippen LogP contribution in [-0.2, 0) is 11.3 Å². The number of hydrogen-bond acceptors (Lipinski definition) is 4. The van der Waals surface area contributed by atoms with Gasteiger partial charge in [0.25, 0.3) is 0 Å². The Kier molecular flexibility index (Phi) is 4.02. The Labute approximate surface area is 132 Å². The Morgan fingerprint density at radius 2 is 2.23 bits per heavy atom.